The van der Waals surface area contributed by atoms with Crippen LogP contribution in [-0.4, -0.2) is 22.9 Å². The van der Waals surface area contributed by atoms with Gasteiger partial charge in [0.15, 0.2) is 0 Å². The Morgan fingerprint density at radius 1 is 1.56 bits per heavy atom. The Hall–Kier alpha value is -0.650. The molecule has 3 rings (SSSR count). The SMILES string of the molecule is Cn1ncc(-c2cc(Br)cs2)c1C1CCCNC1. The van der Waals surface area contributed by atoms with E-state index in [1.165, 1.54) is 29.0 Å². The summed E-state index contributed by atoms with van der Waals surface area (Å²) in [7, 11) is 2.05. The van der Waals surface area contributed by atoms with Crippen LogP contribution < -0.4 is 5.32 Å². The molecule has 96 valence electrons. The van der Waals surface area contributed by atoms with Crippen LogP contribution in [0.15, 0.2) is 22.1 Å². The molecule has 3 nitrogen and oxygen atoms in total. The standard InChI is InChI=1S/C13H16BrN3S/c1-17-13(9-3-2-4-15-6-9)11(7-16-17)12-5-10(14)8-18-12/h5,7-9,15H,2-4,6H2,1H3. The quantitative estimate of drug-likeness (QED) is 0.917. The Labute approximate surface area is 119 Å². The first-order valence-corrected chi connectivity index (χ1v) is 7.90. The maximum absolute atomic E-state index is 4.46. The molecule has 0 saturated carbocycles. The van der Waals surface area contributed by atoms with E-state index in [9.17, 15) is 0 Å². The van der Waals surface area contributed by atoms with E-state index in [4.69, 9.17) is 0 Å². The largest absolute Gasteiger partial charge is 0.316 e. The lowest BCUT2D eigenvalue weighted by Crippen LogP contribution is -2.29. The Balaban J connectivity index is 2.00. The van der Waals surface area contributed by atoms with Crippen molar-refractivity contribution in [2.24, 2.45) is 7.05 Å². The summed E-state index contributed by atoms with van der Waals surface area (Å²) < 4.78 is 3.19. The molecular weight excluding hydrogens is 310 g/mol. The first-order chi connectivity index (χ1) is 8.75. The number of rotatable bonds is 2. The number of nitrogens with one attached hydrogen (secondary N) is 1. The van der Waals surface area contributed by atoms with Crippen molar-refractivity contribution < 1.29 is 0 Å². The number of nitrogens with zero attached hydrogens (tertiary/aromatic N) is 2. The average Bonchev–Trinajstić information content (AvgIpc) is 2.96. The van der Waals surface area contributed by atoms with Crippen molar-refractivity contribution in [2.45, 2.75) is 18.8 Å². The molecule has 1 aliphatic rings. The minimum Gasteiger partial charge on any atom is -0.316 e. The third kappa shape index (κ3) is 2.27. The van der Waals surface area contributed by atoms with Gasteiger partial charge in [-0.25, -0.2) is 0 Å². The lowest BCUT2D eigenvalue weighted by atomic mass is 9.93. The van der Waals surface area contributed by atoms with Gasteiger partial charge in [-0.15, -0.1) is 11.3 Å². The Morgan fingerprint density at radius 3 is 3.11 bits per heavy atom. The smallest absolute Gasteiger partial charge is 0.0579 e. The van der Waals surface area contributed by atoms with Crippen LogP contribution in [0.5, 0.6) is 0 Å². The van der Waals surface area contributed by atoms with Gasteiger partial charge in [-0.3, -0.25) is 4.68 Å². The highest BCUT2D eigenvalue weighted by Gasteiger charge is 2.23. The zero-order valence-corrected chi connectivity index (χ0v) is 12.7. The number of halogens is 1. The van der Waals surface area contributed by atoms with Crippen LogP contribution >= 0.6 is 27.3 Å². The highest BCUT2D eigenvalue weighted by Crippen LogP contribution is 2.36. The van der Waals surface area contributed by atoms with Crippen LogP contribution in [0.3, 0.4) is 0 Å². The molecule has 1 saturated heterocycles. The molecule has 0 amide bonds. The molecule has 0 spiro atoms. The summed E-state index contributed by atoms with van der Waals surface area (Å²) in [4.78, 5) is 1.30. The van der Waals surface area contributed by atoms with Crippen molar-refractivity contribution in [1.29, 1.82) is 0 Å². The van der Waals surface area contributed by atoms with Gasteiger partial charge in [-0.2, -0.15) is 5.10 Å². The van der Waals surface area contributed by atoms with Gasteiger partial charge in [0.05, 0.1) is 11.9 Å². The topological polar surface area (TPSA) is 29.9 Å². The van der Waals surface area contributed by atoms with Crippen molar-refractivity contribution in [3.8, 4) is 10.4 Å². The van der Waals surface area contributed by atoms with Gasteiger partial charge < -0.3 is 5.32 Å². The molecule has 3 heterocycles. The van der Waals surface area contributed by atoms with Crippen molar-refractivity contribution >= 4 is 27.3 Å². The first-order valence-electron chi connectivity index (χ1n) is 6.22. The Morgan fingerprint density at radius 2 is 2.44 bits per heavy atom. The number of aryl methyl sites for hydroxylation is 1. The molecule has 1 unspecified atom stereocenters. The molecule has 2 aromatic rings. The van der Waals surface area contributed by atoms with Crippen molar-refractivity contribution in [1.82, 2.24) is 15.1 Å². The summed E-state index contributed by atoms with van der Waals surface area (Å²) in [5, 5.41) is 10.1. The molecule has 0 bridgehead atoms. The van der Waals surface area contributed by atoms with Crippen LogP contribution in [-0.2, 0) is 7.05 Å². The van der Waals surface area contributed by atoms with E-state index >= 15 is 0 Å². The van der Waals surface area contributed by atoms with Gasteiger partial charge >= 0.3 is 0 Å². The van der Waals surface area contributed by atoms with E-state index in [1.807, 2.05) is 10.9 Å². The maximum Gasteiger partial charge on any atom is 0.0579 e. The molecule has 1 atom stereocenters. The number of hydrogen-bond donors (Lipinski definition) is 1. The van der Waals surface area contributed by atoms with Gasteiger partial charge in [0, 0.05) is 39.8 Å². The van der Waals surface area contributed by atoms with Crippen LogP contribution in [0.2, 0.25) is 0 Å². The fourth-order valence-corrected chi connectivity index (χ4v) is 4.11. The predicted octanol–water partition coefficient (Wildman–Crippen LogP) is 3.38. The van der Waals surface area contributed by atoms with E-state index in [0.717, 1.165) is 17.6 Å². The molecule has 0 radical (unpaired) electrons. The van der Waals surface area contributed by atoms with Crippen LogP contribution in [0, 0.1) is 0 Å². The molecule has 1 aliphatic heterocycles. The van der Waals surface area contributed by atoms with Gasteiger partial charge in [0.1, 0.15) is 0 Å². The number of hydrogen-bond acceptors (Lipinski definition) is 3. The minimum absolute atomic E-state index is 0.585. The van der Waals surface area contributed by atoms with Crippen LogP contribution in [0.1, 0.15) is 24.5 Å². The highest BCUT2D eigenvalue weighted by atomic mass is 79.9. The maximum atomic E-state index is 4.46. The summed E-state index contributed by atoms with van der Waals surface area (Å²) in [6.45, 7) is 2.22. The molecular formula is C13H16BrN3S. The van der Waals surface area contributed by atoms with Gasteiger partial charge in [0.2, 0.25) is 0 Å². The monoisotopic (exact) mass is 325 g/mol. The van der Waals surface area contributed by atoms with Gasteiger partial charge in [0.25, 0.3) is 0 Å². The summed E-state index contributed by atoms with van der Waals surface area (Å²) >= 11 is 5.30. The lowest BCUT2D eigenvalue weighted by molar-refractivity contribution is 0.442. The molecule has 0 aromatic carbocycles. The van der Waals surface area contributed by atoms with E-state index in [1.54, 1.807) is 11.3 Å². The van der Waals surface area contributed by atoms with Crippen molar-refractivity contribution in [2.75, 3.05) is 13.1 Å². The number of thiophene rings is 1. The van der Waals surface area contributed by atoms with Crippen LogP contribution in [0.4, 0.5) is 0 Å². The van der Waals surface area contributed by atoms with Crippen LogP contribution in [0.25, 0.3) is 10.4 Å². The van der Waals surface area contributed by atoms with E-state index in [2.05, 4.69) is 44.8 Å². The van der Waals surface area contributed by atoms with Gasteiger partial charge in [-0.1, -0.05) is 0 Å². The first kappa shape index (κ1) is 12.4. The predicted molar refractivity (Wildman–Crippen MR) is 79.1 cm³/mol. The fraction of sp³-hybridized carbons (Fsp3) is 0.462. The average molecular weight is 326 g/mol. The summed E-state index contributed by atoms with van der Waals surface area (Å²) in [6, 6.07) is 2.18. The normalized spacial score (nSPS) is 20.2. The zero-order valence-electron chi connectivity index (χ0n) is 10.3. The molecule has 2 aromatic heterocycles. The van der Waals surface area contributed by atoms with E-state index in [-0.39, 0.29) is 0 Å². The Bertz CT molecular complexity index is 540. The third-order valence-electron chi connectivity index (χ3n) is 3.50. The lowest BCUT2D eigenvalue weighted by Gasteiger charge is -2.24. The van der Waals surface area contributed by atoms with Crippen molar-refractivity contribution in [3.05, 3.63) is 27.8 Å². The summed E-state index contributed by atoms with van der Waals surface area (Å²) in [5.41, 5.74) is 2.67. The minimum atomic E-state index is 0.585. The molecule has 1 fully saturated rings. The third-order valence-corrected chi connectivity index (χ3v) is 5.23. The van der Waals surface area contributed by atoms with E-state index < -0.39 is 0 Å². The second kappa shape index (κ2) is 5.15. The van der Waals surface area contributed by atoms with Gasteiger partial charge in [-0.05, 0) is 41.4 Å². The highest BCUT2D eigenvalue weighted by molar-refractivity contribution is 9.10. The summed E-state index contributed by atoms with van der Waals surface area (Å²) in [5.74, 6) is 0.585. The fourth-order valence-electron chi connectivity index (χ4n) is 2.66. The Kier molecular flexibility index (Phi) is 3.54. The molecule has 0 aliphatic carbocycles. The molecule has 18 heavy (non-hydrogen) atoms. The summed E-state index contributed by atoms with van der Waals surface area (Å²) in [6.07, 6.45) is 4.51. The van der Waals surface area contributed by atoms with E-state index in [0.29, 0.717) is 5.92 Å². The molecule has 5 heteroatoms. The molecule has 1 N–H and O–H groups in total. The number of aromatic nitrogens is 2. The zero-order chi connectivity index (χ0) is 12.5. The number of piperidine rings is 1. The second-order valence-corrected chi connectivity index (χ2v) is 6.57. The van der Waals surface area contributed by atoms with Crippen molar-refractivity contribution in [3.63, 3.8) is 0 Å². The second-order valence-electron chi connectivity index (χ2n) is 4.74.